The van der Waals surface area contributed by atoms with E-state index in [0.29, 0.717) is 11.7 Å². The van der Waals surface area contributed by atoms with Crippen molar-refractivity contribution in [3.63, 3.8) is 0 Å². The zero-order chi connectivity index (χ0) is 11.8. The van der Waals surface area contributed by atoms with E-state index in [1.54, 1.807) is 11.1 Å². The molecule has 2 atom stereocenters. The van der Waals surface area contributed by atoms with E-state index in [9.17, 15) is 4.79 Å². The summed E-state index contributed by atoms with van der Waals surface area (Å²) in [6.45, 7) is 2.10. The minimum atomic E-state index is 0.281. The van der Waals surface area contributed by atoms with Gasteiger partial charge in [0.25, 0.3) is 0 Å². The summed E-state index contributed by atoms with van der Waals surface area (Å²) < 4.78 is 0. The van der Waals surface area contributed by atoms with Crippen molar-refractivity contribution in [3.8, 4) is 0 Å². The van der Waals surface area contributed by atoms with Gasteiger partial charge in [0.05, 0.1) is 0 Å². The molecule has 0 aromatic heterocycles. The smallest absolute Gasteiger partial charge is 0.135 e. The molecule has 1 fully saturated rings. The van der Waals surface area contributed by atoms with Gasteiger partial charge in [-0.1, -0.05) is 25.1 Å². The van der Waals surface area contributed by atoms with Gasteiger partial charge >= 0.3 is 0 Å². The molecule has 1 heteroatoms. The number of ketones is 1. The Balaban J connectivity index is 1.75. The fourth-order valence-corrected chi connectivity index (χ4v) is 3.40. The Labute approximate surface area is 103 Å². The maximum atomic E-state index is 11.6. The zero-order valence-electron chi connectivity index (χ0n) is 10.5. The van der Waals surface area contributed by atoms with E-state index in [4.69, 9.17) is 0 Å². The maximum absolute atomic E-state index is 11.6. The largest absolute Gasteiger partial charge is 0.299 e. The number of Topliss-reactive ketones (excluding diaryl/α,β-unsaturated/α-hetero) is 1. The lowest BCUT2D eigenvalue weighted by atomic mass is 9.90. The molecule has 3 rings (SSSR count). The van der Waals surface area contributed by atoms with Crippen LogP contribution in [0.3, 0.4) is 0 Å². The molecular weight excluding hydrogens is 208 g/mol. The summed E-state index contributed by atoms with van der Waals surface area (Å²) in [4.78, 5) is 11.6. The third-order valence-corrected chi connectivity index (χ3v) is 4.64. The van der Waals surface area contributed by atoms with Crippen molar-refractivity contribution in [2.75, 3.05) is 0 Å². The van der Waals surface area contributed by atoms with E-state index < -0.39 is 0 Å². The third kappa shape index (κ3) is 2.03. The first kappa shape index (κ1) is 11.0. The van der Waals surface area contributed by atoms with Gasteiger partial charge < -0.3 is 0 Å². The first-order chi connectivity index (χ1) is 8.24. The van der Waals surface area contributed by atoms with Crippen LogP contribution in [0, 0.1) is 11.8 Å². The molecule has 17 heavy (non-hydrogen) atoms. The fraction of sp³-hybridized carbons (Fsp3) is 0.562. The van der Waals surface area contributed by atoms with Gasteiger partial charge in [0.2, 0.25) is 0 Å². The molecule has 0 amide bonds. The minimum absolute atomic E-state index is 0.281. The van der Waals surface area contributed by atoms with Crippen LogP contribution in [0.15, 0.2) is 18.2 Å². The summed E-state index contributed by atoms with van der Waals surface area (Å²) in [5, 5.41) is 0. The predicted octanol–water partition coefficient (Wildman–Crippen LogP) is 3.33. The summed E-state index contributed by atoms with van der Waals surface area (Å²) in [5.41, 5.74) is 4.54. The number of carbonyl (C=O) groups excluding carboxylic acids is 1. The molecule has 90 valence electrons. The summed E-state index contributed by atoms with van der Waals surface area (Å²) in [5.74, 6) is 1.33. The number of fused-ring (bicyclic) bond motifs is 1. The molecule has 1 aromatic carbocycles. The molecule has 1 nitrogen and oxygen atoms in total. The van der Waals surface area contributed by atoms with Crippen LogP contribution in [-0.2, 0) is 24.1 Å². The summed E-state index contributed by atoms with van der Waals surface area (Å²) >= 11 is 0. The molecule has 0 aliphatic heterocycles. The van der Waals surface area contributed by atoms with Crippen LogP contribution in [0.5, 0.6) is 0 Å². The minimum Gasteiger partial charge on any atom is -0.299 e. The van der Waals surface area contributed by atoms with Crippen LogP contribution >= 0.6 is 0 Å². The van der Waals surface area contributed by atoms with Gasteiger partial charge in [-0.15, -0.1) is 0 Å². The average Bonchev–Trinajstić information content (AvgIpc) is 2.90. The summed E-state index contributed by atoms with van der Waals surface area (Å²) in [6, 6.07) is 6.97. The molecular formula is C16H20O. The molecule has 0 spiro atoms. The van der Waals surface area contributed by atoms with E-state index >= 15 is 0 Å². The second-order valence-corrected chi connectivity index (χ2v) is 5.71. The topological polar surface area (TPSA) is 17.1 Å². The van der Waals surface area contributed by atoms with E-state index in [2.05, 4.69) is 25.1 Å². The quantitative estimate of drug-likeness (QED) is 0.758. The van der Waals surface area contributed by atoms with Gasteiger partial charge in [-0.25, -0.2) is 0 Å². The highest BCUT2D eigenvalue weighted by Gasteiger charge is 2.30. The number of benzene rings is 1. The molecule has 0 radical (unpaired) electrons. The molecule has 1 saturated carbocycles. The lowest BCUT2D eigenvalue weighted by Crippen LogP contribution is -2.12. The first-order valence-corrected chi connectivity index (χ1v) is 6.87. The molecule has 0 saturated heterocycles. The van der Waals surface area contributed by atoms with Gasteiger partial charge in [0.1, 0.15) is 5.78 Å². The average molecular weight is 228 g/mol. The highest BCUT2D eigenvalue weighted by Crippen LogP contribution is 2.32. The van der Waals surface area contributed by atoms with Crippen molar-refractivity contribution in [1.29, 1.82) is 0 Å². The molecule has 0 bridgehead atoms. The lowest BCUT2D eigenvalue weighted by Gasteiger charge is -2.14. The Morgan fingerprint density at radius 2 is 2.00 bits per heavy atom. The van der Waals surface area contributed by atoms with Crippen LogP contribution in [-0.4, -0.2) is 5.78 Å². The van der Waals surface area contributed by atoms with Crippen molar-refractivity contribution in [1.82, 2.24) is 0 Å². The second kappa shape index (κ2) is 4.29. The normalized spacial score (nSPS) is 27.5. The van der Waals surface area contributed by atoms with Crippen LogP contribution in [0.25, 0.3) is 0 Å². The highest BCUT2D eigenvalue weighted by atomic mass is 16.1. The van der Waals surface area contributed by atoms with Gasteiger partial charge in [-0.3, -0.25) is 4.79 Å². The Kier molecular flexibility index (Phi) is 2.78. The third-order valence-electron chi connectivity index (χ3n) is 4.64. The van der Waals surface area contributed by atoms with Crippen molar-refractivity contribution < 1.29 is 4.79 Å². The molecule has 0 N–H and O–H groups in total. The number of hydrogen-bond acceptors (Lipinski definition) is 1. The summed E-state index contributed by atoms with van der Waals surface area (Å²) in [7, 11) is 0. The van der Waals surface area contributed by atoms with Crippen LogP contribution in [0.1, 0.15) is 42.9 Å². The summed E-state index contributed by atoms with van der Waals surface area (Å²) in [6.07, 6.45) is 6.82. The van der Waals surface area contributed by atoms with Crippen molar-refractivity contribution in [2.24, 2.45) is 11.8 Å². The number of carbonyl (C=O) groups is 1. The molecule has 2 aliphatic rings. The Morgan fingerprint density at radius 1 is 1.18 bits per heavy atom. The number of hydrogen-bond donors (Lipinski definition) is 0. The maximum Gasteiger partial charge on any atom is 0.135 e. The van der Waals surface area contributed by atoms with Gasteiger partial charge in [0, 0.05) is 12.3 Å². The Morgan fingerprint density at radius 3 is 2.76 bits per heavy atom. The SMILES string of the molecule is CC1C(=O)CCC1Cc1ccc2c(c1)CCC2. The monoisotopic (exact) mass is 228 g/mol. The van der Waals surface area contributed by atoms with E-state index in [1.807, 2.05) is 0 Å². The number of rotatable bonds is 2. The van der Waals surface area contributed by atoms with E-state index in [1.165, 1.54) is 24.8 Å². The highest BCUT2D eigenvalue weighted by molar-refractivity contribution is 5.83. The standard InChI is InChI=1S/C16H20O/c1-11-14(7-8-16(11)17)9-12-5-6-13-3-2-4-15(13)10-12/h5-6,10-11,14H,2-4,7-9H2,1H3. The van der Waals surface area contributed by atoms with Crippen molar-refractivity contribution >= 4 is 5.78 Å². The van der Waals surface area contributed by atoms with Crippen LogP contribution in [0.2, 0.25) is 0 Å². The van der Waals surface area contributed by atoms with Crippen LogP contribution < -0.4 is 0 Å². The van der Waals surface area contributed by atoms with E-state index in [0.717, 1.165) is 19.3 Å². The Hall–Kier alpha value is -1.11. The second-order valence-electron chi connectivity index (χ2n) is 5.71. The lowest BCUT2D eigenvalue weighted by molar-refractivity contribution is -0.120. The Bertz CT molecular complexity index is 447. The van der Waals surface area contributed by atoms with Gasteiger partial charge in [0.15, 0.2) is 0 Å². The molecule has 2 aliphatic carbocycles. The van der Waals surface area contributed by atoms with Crippen LogP contribution in [0.4, 0.5) is 0 Å². The van der Waals surface area contributed by atoms with Gasteiger partial charge in [-0.2, -0.15) is 0 Å². The number of aryl methyl sites for hydroxylation is 2. The predicted molar refractivity (Wildman–Crippen MR) is 69.1 cm³/mol. The van der Waals surface area contributed by atoms with E-state index in [-0.39, 0.29) is 5.92 Å². The zero-order valence-corrected chi connectivity index (χ0v) is 10.5. The molecule has 1 aromatic rings. The molecule has 2 unspecified atom stereocenters. The molecule has 0 heterocycles. The van der Waals surface area contributed by atoms with Gasteiger partial charge in [-0.05, 0) is 54.7 Å². The first-order valence-electron chi connectivity index (χ1n) is 6.87. The van der Waals surface area contributed by atoms with Crippen molar-refractivity contribution in [2.45, 2.75) is 45.4 Å². The van der Waals surface area contributed by atoms with Crippen molar-refractivity contribution in [3.05, 3.63) is 34.9 Å². The fourth-order valence-electron chi connectivity index (χ4n) is 3.40.